The summed E-state index contributed by atoms with van der Waals surface area (Å²) < 4.78 is 47.4. The monoisotopic (exact) mass is 433 g/mol. The van der Waals surface area contributed by atoms with Crippen LogP contribution >= 0.6 is 11.9 Å². The number of benzene rings is 1. The van der Waals surface area contributed by atoms with Gasteiger partial charge in [-0.1, -0.05) is 32.7 Å². The minimum atomic E-state index is -4.44. The Labute approximate surface area is 179 Å². The number of hydrogen-bond donors (Lipinski definition) is 1. The summed E-state index contributed by atoms with van der Waals surface area (Å²) in [4.78, 5) is 3.95. The van der Waals surface area contributed by atoms with Crippen LogP contribution in [-0.2, 0) is 19.3 Å². The Morgan fingerprint density at radius 3 is 2.43 bits per heavy atom. The fourth-order valence-electron chi connectivity index (χ4n) is 3.62. The minimum Gasteiger partial charge on any atom is -0.347 e. The molecule has 4 rings (SSSR count). The average Bonchev–Trinajstić information content (AvgIpc) is 3.43. The Morgan fingerprint density at radius 1 is 1.13 bits per heavy atom. The van der Waals surface area contributed by atoms with Crippen molar-refractivity contribution in [3.05, 3.63) is 54.0 Å². The lowest BCUT2D eigenvalue weighted by Gasteiger charge is -2.20. The van der Waals surface area contributed by atoms with Gasteiger partial charge in [0.15, 0.2) is 0 Å². The Kier molecular flexibility index (Phi) is 5.62. The lowest BCUT2D eigenvalue weighted by atomic mass is 9.96. The van der Waals surface area contributed by atoms with E-state index in [9.17, 15) is 13.2 Å². The van der Waals surface area contributed by atoms with Crippen molar-refractivity contribution in [1.29, 1.82) is 0 Å². The molecule has 0 atom stereocenters. The Balaban J connectivity index is 1.86. The highest BCUT2D eigenvalue weighted by Crippen LogP contribution is 2.41. The molecule has 2 aromatic heterocycles. The molecule has 1 N–H and O–H groups in total. The third kappa shape index (κ3) is 4.83. The van der Waals surface area contributed by atoms with Gasteiger partial charge in [0.2, 0.25) is 0 Å². The van der Waals surface area contributed by atoms with Crippen LogP contribution in [0.2, 0.25) is 0 Å². The van der Waals surface area contributed by atoms with E-state index >= 15 is 0 Å². The smallest absolute Gasteiger partial charge is 0.347 e. The number of aromatic nitrogens is 2. The van der Waals surface area contributed by atoms with Crippen LogP contribution in [0.5, 0.6) is 0 Å². The topological polar surface area (TPSA) is 29.9 Å². The Bertz CT molecular complexity index is 1030. The van der Waals surface area contributed by atoms with E-state index in [-0.39, 0.29) is 11.0 Å². The first kappa shape index (κ1) is 21.2. The van der Waals surface area contributed by atoms with Crippen molar-refractivity contribution in [3.63, 3.8) is 0 Å². The van der Waals surface area contributed by atoms with Crippen molar-refractivity contribution in [3.8, 4) is 11.1 Å². The second-order valence-electron chi connectivity index (χ2n) is 9.13. The zero-order chi connectivity index (χ0) is 21.5. The van der Waals surface area contributed by atoms with Crippen LogP contribution < -0.4 is 4.72 Å². The van der Waals surface area contributed by atoms with Gasteiger partial charge >= 0.3 is 6.18 Å². The van der Waals surface area contributed by atoms with E-state index in [2.05, 4.69) is 35.0 Å². The zero-order valence-corrected chi connectivity index (χ0v) is 18.2. The normalized spacial score (nSPS) is 15.1. The van der Waals surface area contributed by atoms with Crippen molar-refractivity contribution in [2.45, 2.75) is 58.1 Å². The van der Waals surface area contributed by atoms with E-state index in [0.29, 0.717) is 22.7 Å². The predicted molar refractivity (Wildman–Crippen MR) is 117 cm³/mol. The van der Waals surface area contributed by atoms with Gasteiger partial charge in [-0.25, -0.2) is 0 Å². The van der Waals surface area contributed by atoms with Crippen molar-refractivity contribution in [1.82, 2.24) is 14.3 Å². The zero-order valence-electron chi connectivity index (χ0n) is 17.4. The lowest BCUT2D eigenvalue weighted by Crippen LogP contribution is -2.15. The molecule has 7 heteroatoms. The summed E-state index contributed by atoms with van der Waals surface area (Å²) in [6.07, 6.45) is 3.03. The number of halogens is 3. The molecule has 1 saturated carbocycles. The third-order valence-electron chi connectivity index (χ3n) is 5.08. The van der Waals surface area contributed by atoms with Crippen molar-refractivity contribution < 1.29 is 13.2 Å². The molecule has 1 aliphatic carbocycles. The first-order chi connectivity index (χ1) is 14.1. The number of rotatable bonds is 6. The van der Waals surface area contributed by atoms with Crippen LogP contribution in [0, 0.1) is 5.41 Å². The van der Waals surface area contributed by atoms with Gasteiger partial charge in [0.05, 0.1) is 5.56 Å². The molecule has 0 spiro atoms. The van der Waals surface area contributed by atoms with Gasteiger partial charge in [0.25, 0.3) is 0 Å². The third-order valence-corrected chi connectivity index (χ3v) is 6.20. The highest BCUT2D eigenvalue weighted by molar-refractivity contribution is 7.98. The van der Waals surface area contributed by atoms with E-state index in [1.807, 2.05) is 6.20 Å². The minimum absolute atomic E-state index is 0.00105. The molecule has 3 aromatic rings. The quantitative estimate of drug-likeness (QED) is 0.440. The van der Waals surface area contributed by atoms with Gasteiger partial charge in [0.1, 0.15) is 0 Å². The first-order valence-corrected chi connectivity index (χ1v) is 11.0. The van der Waals surface area contributed by atoms with Crippen LogP contribution in [0.25, 0.3) is 22.0 Å². The number of alkyl halides is 3. The average molecular weight is 434 g/mol. The summed E-state index contributed by atoms with van der Waals surface area (Å²) in [5, 5.41) is 1.30. The van der Waals surface area contributed by atoms with Crippen molar-refractivity contribution >= 4 is 22.9 Å². The molecule has 3 nitrogen and oxygen atoms in total. The fourth-order valence-corrected chi connectivity index (χ4v) is 4.47. The Hall–Kier alpha value is -1.99. The molecule has 0 radical (unpaired) electrons. The highest BCUT2D eigenvalue weighted by Gasteiger charge is 2.35. The van der Waals surface area contributed by atoms with Crippen LogP contribution in [-0.4, -0.2) is 14.8 Å². The summed E-state index contributed by atoms with van der Waals surface area (Å²) >= 11 is 1.69. The molecule has 0 saturated heterocycles. The maximum Gasteiger partial charge on any atom is 0.417 e. The first-order valence-electron chi connectivity index (χ1n) is 10.1. The van der Waals surface area contributed by atoms with Crippen molar-refractivity contribution in [2.75, 3.05) is 0 Å². The second-order valence-corrected chi connectivity index (χ2v) is 10.3. The van der Waals surface area contributed by atoms with Gasteiger partial charge in [-0.15, -0.1) is 0 Å². The van der Waals surface area contributed by atoms with Gasteiger partial charge in [-0.3, -0.25) is 9.71 Å². The molecule has 0 amide bonds. The number of hydrogen-bond acceptors (Lipinski definition) is 3. The van der Waals surface area contributed by atoms with Gasteiger partial charge in [0, 0.05) is 47.8 Å². The molecular weight excluding hydrogens is 407 g/mol. The Morgan fingerprint density at radius 2 is 1.83 bits per heavy atom. The van der Waals surface area contributed by atoms with Gasteiger partial charge < -0.3 is 4.57 Å². The van der Waals surface area contributed by atoms with Crippen LogP contribution in [0.3, 0.4) is 0 Å². The van der Waals surface area contributed by atoms with Gasteiger partial charge in [-0.05, 0) is 59.2 Å². The van der Waals surface area contributed by atoms with Crippen LogP contribution in [0.4, 0.5) is 13.2 Å². The molecule has 0 aliphatic heterocycles. The highest BCUT2D eigenvalue weighted by atomic mass is 32.2. The molecular formula is C23H26F3N3S. The molecule has 2 heterocycles. The lowest BCUT2D eigenvalue weighted by molar-refractivity contribution is -0.137. The standard InChI is InChI=1S/C23H26F3N3S/c1-22(2,3)14-29-13-16(12-28-30-17-4-5-17)19-10-20(23(24,25)26)18(11-21(19)29)15-6-8-27-9-7-15/h6-11,13,17,28H,4-5,12,14H2,1-3H3. The molecule has 160 valence electrons. The maximum absolute atomic E-state index is 14.0. The summed E-state index contributed by atoms with van der Waals surface area (Å²) in [6, 6.07) is 6.27. The van der Waals surface area contributed by atoms with E-state index in [4.69, 9.17) is 0 Å². The fraction of sp³-hybridized carbons (Fsp3) is 0.435. The largest absolute Gasteiger partial charge is 0.417 e. The molecule has 1 aromatic carbocycles. The van der Waals surface area contributed by atoms with Crippen molar-refractivity contribution in [2.24, 2.45) is 5.41 Å². The summed E-state index contributed by atoms with van der Waals surface area (Å²) in [7, 11) is 0. The van der Waals surface area contributed by atoms with Gasteiger partial charge in [-0.2, -0.15) is 13.2 Å². The number of nitrogens with zero attached hydrogens (tertiary/aromatic N) is 2. The second kappa shape index (κ2) is 7.93. The van der Waals surface area contributed by atoms with E-state index < -0.39 is 11.7 Å². The van der Waals surface area contributed by atoms with E-state index in [1.54, 1.807) is 30.1 Å². The number of fused-ring (bicyclic) bond motifs is 1. The SMILES string of the molecule is CC(C)(C)Cn1cc(CNSC2CC2)c2cc(C(F)(F)F)c(-c3ccncc3)cc21. The molecule has 1 aliphatic rings. The summed E-state index contributed by atoms with van der Waals surface area (Å²) in [6.45, 7) is 7.66. The van der Waals surface area contributed by atoms with E-state index in [1.165, 1.54) is 31.3 Å². The number of pyridine rings is 1. The summed E-state index contributed by atoms with van der Waals surface area (Å²) in [5.74, 6) is 0. The molecule has 1 fully saturated rings. The van der Waals surface area contributed by atoms with E-state index in [0.717, 1.165) is 17.6 Å². The maximum atomic E-state index is 14.0. The molecule has 30 heavy (non-hydrogen) atoms. The molecule has 0 unspecified atom stereocenters. The van der Waals surface area contributed by atoms with Crippen LogP contribution in [0.1, 0.15) is 44.7 Å². The molecule has 0 bridgehead atoms. The predicted octanol–water partition coefficient (Wildman–Crippen LogP) is 6.67. The van der Waals surface area contributed by atoms with Crippen LogP contribution in [0.15, 0.2) is 42.9 Å². The summed E-state index contributed by atoms with van der Waals surface area (Å²) in [5.41, 5.74) is 1.83. The number of nitrogens with one attached hydrogen (secondary N) is 1.